The van der Waals surface area contributed by atoms with E-state index in [1.54, 1.807) is 0 Å². The molecule has 1 aliphatic heterocycles. The van der Waals surface area contributed by atoms with Crippen molar-refractivity contribution in [1.82, 2.24) is 15.2 Å². The van der Waals surface area contributed by atoms with Crippen LogP contribution >= 0.6 is 0 Å². The van der Waals surface area contributed by atoms with Gasteiger partial charge >= 0.3 is 0 Å². The first-order valence-electron chi connectivity index (χ1n) is 7.70. The molecule has 3 rings (SSSR count). The second kappa shape index (κ2) is 5.58. The molecule has 1 atom stereocenters. The minimum absolute atomic E-state index is 0.508. The van der Waals surface area contributed by atoms with E-state index in [1.165, 1.54) is 22.2 Å². The van der Waals surface area contributed by atoms with Crippen molar-refractivity contribution in [2.24, 2.45) is 5.92 Å². The van der Waals surface area contributed by atoms with Crippen molar-refractivity contribution in [2.75, 3.05) is 26.2 Å². The monoisotopic (exact) mass is 271 g/mol. The van der Waals surface area contributed by atoms with Crippen molar-refractivity contribution in [3.05, 3.63) is 35.5 Å². The number of aromatic amines is 1. The lowest BCUT2D eigenvalue weighted by Crippen LogP contribution is -2.46. The van der Waals surface area contributed by atoms with Crippen LogP contribution in [0.5, 0.6) is 0 Å². The molecular formula is C17H25N3. The number of rotatable bonds is 3. The van der Waals surface area contributed by atoms with E-state index in [1.807, 2.05) is 0 Å². The Morgan fingerprint density at radius 1 is 1.10 bits per heavy atom. The van der Waals surface area contributed by atoms with E-state index in [9.17, 15) is 0 Å². The highest BCUT2D eigenvalue weighted by molar-refractivity contribution is 5.85. The van der Waals surface area contributed by atoms with Crippen LogP contribution in [0.2, 0.25) is 0 Å². The number of H-pyrrole nitrogens is 1. The summed E-state index contributed by atoms with van der Waals surface area (Å²) in [6, 6.07) is 9.20. The fraction of sp³-hybridized carbons (Fsp3) is 0.529. The van der Waals surface area contributed by atoms with Gasteiger partial charge in [0.15, 0.2) is 0 Å². The largest absolute Gasteiger partial charge is 0.358 e. The van der Waals surface area contributed by atoms with Gasteiger partial charge in [0.2, 0.25) is 0 Å². The van der Waals surface area contributed by atoms with E-state index in [2.05, 4.69) is 60.2 Å². The van der Waals surface area contributed by atoms with Crippen LogP contribution in [0, 0.1) is 12.8 Å². The molecule has 0 spiro atoms. The minimum Gasteiger partial charge on any atom is -0.358 e. The van der Waals surface area contributed by atoms with Gasteiger partial charge in [-0.15, -0.1) is 0 Å². The molecule has 2 aromatic rings. The quantitative estimate of drug-likeness (QED) is 0.899. The first-order chi connectivity index (χ1) is 9.68. The number of piperazine rings is 1. The van der Waals surface area contributed by atoms with E-state index >= 15 is 0 Å². The maximum atomic E-state index is 3.56. The van der Waals surface area contributed by atoms with Crippen LogP contribution in [0.1, 0.15) is 31.1 Å². The molecule has 0 amide bonds. The van der Waals surface area contributed by atoms with Crippen LogP contribution in [-0.2, 0) is 0 Å². The summed E-state index contributed by atoms with van der Waals surface area (Å²) in [6.07, 6.45) is 0. The van der Waals surface area contributed by atoms with E-state index in [0.29, 0.717) is 12.0 Å². The van der Waals surface area contributed by atoms with Crippen LogP contribution in [0.3, 0.4) is 0 Å². The van der Waals surface area contributed by atoms with E-state index < -0.39 is 0 Å². The lowest BCUT2D eigenvalue weighted by Gasteiger charge is -2.37. The van der Waals surface area contributed by atoms with Gasteiger partial charge in [-0.3, -0.25) is 4.90 Å². The Hall–Kier alpha value is -1.32. The molecule has 1 unspecified atom stereocenters. The molecule has 0 saturated carbocycles. The van der Waals surface area contributed by atoms with Gasteiger partial charge in [0.1, 0.15) is 0 Å². The third kappa shape index (κ3) is 2.36. The third-order valence-corrected chi connectivity index (χ3v) is 4.42. The number of benzene rings is 1. The van der Waals surface area contributed by atoms with Crippen molar-refractivity contribution in [1.29, 1.82) is 0 Å². The highest BCUT2D eigenvalue weighted by atomic mass is 15.2. The SMILES string of the molecule is Cc1[nH]c2ccccc2c1C(C(C)C)N1CCNCC1. The number of aryl methyl sites for hydroxylation is 1. The van der Waals surface area contributed by atoms with Crippen molar-refractivity contribution in [3.63, 3.8) is 0 Å². The maximum absolute atomic E-state index is 3.56. The molecule has 1 saturated heterocycles. The second-order valence-electron chi connectivity index (χ2n) is 6.18. The molecule has 1 aromatic heterocycles. The lowest BCUT2D eigenvalue weighted by molar-refractivity contribution is 0.137. The van der Waals surface area contributed by atoms with E-state index in [4.69, 9.17) is 0 Å². The Morgan fingerprint density at radius 3 is 2.50 bits per heavy atom. The van der Waals surface area contributed by atoms with Gasteiger partial charge in [-0.25, -0.2) is 0 Å². The van der Waals surface area contributed by atoms with Crippen LogP contribution < -0.4 is 5.32 Å². The number of para-hydroxylation sites is 1. The summed E-state index contributed by atoms with van der Waals surface area (Å²) in [7, 11) is 0. The number of hydrogen-bond acceptors (Lipinski definition) is 2. The minimum atomic E-state index is 0.508. The average Bonchev–Trinajstić information content (AvgIpc) is 2.77. The topological polar surface area (TPSA) is 31.1 Å². The number of hydrogen-bond donors (Lipinski definition) is 2. The summed E-state index contributed by atoms with van der Waals surface area (Å²) < 4.78 is 0. The first-order valence-corrected chi connectivity index (χ1v) is 7.70. The molecule has 3 nitrogen and oxygen atoms in total. The number of aromatic nitrogens is 1. The predicted octanol–water partition coefficient (Wildman–Crippen LogP) is 3.08. The summed E-state index contributed by atoms with van der Waals surface area (Å²) in [4.78, 5) is 6.20. The predicted molar refractivity (Wildman–Crippen MR) is 85.1 cm³/mol. The molecule has 2 N–H and O–H groups in total. The van der Waals surface area contributed by atoms with Gasteiger partial charge in [-0.2, -0.15) is 0 Å². The Balaban J connectivity index is 2.07. The number of nitrogens with one attached hydrogen (secondary N) is 2. The smallest absolute Gasteiger partial charge is 0.0459 e. The molecule has 3 heteroatoms. The molecule has 1 aromatic carbocycles. The molecule has 0 bridgehead atoms. The van der Waals surface area contributed by atoms with Gasteiger partial charge in [0.05, 0.1) is 0 Å². The number of fused-ring (bicyclic) bond motifs is 1. The fourth-order valence-electron chi connectivity index (χ4n) is 3.58. The van der Waals surface area contributed by atoms with Gasteiger partial charge in [0.25, 0.3) is 0 Å². The lowest BCUT2D eigenvalue weighted by atomic mass is 9.91. The Bertz CT molecular complexity index is 579. The highest BCUT2D eigenvalue weighted by Crippen LogP contribution is 2.36. The van der Waals surface area contributed by atoms with Crippen molar-refractivity contribution in [3.8, 4) is 0 Å². The molecule has 0 radical (unpaired) electrons. The summed E-state index contributed by atoms with van der Waals surface area (Å²) in [5.41, 5.74) is 4.08. The Kier molecular flexibility index (Phi) is 3.81. The molecular weight excluding hydrogens is 246 g/mol. The maximum Gasteiger partial charge on any atom is 0.0459 e. The van der Waals surface area contributed by atoms with Crippen molar-refractivity contribution in [2.45, 2.75) is 26.8 Å². The normalized spacial score (nSPS) is 18.8. The van der Waals surface area contributed by atoms with Gasteiger partial charge in [-0.05, 0) is 24.5 Å². The molecule has 1 fully saturated rings. The van der Waals surface area contributed by atoms with Gasteiger partial charge in [0, 0.05) is 48.8 Å². The van der Waals surface area contributed by atoms with Crippen LogP contribution in [-0.4, -0.2) is 36.1 Å². The second-order valence-corrected chi connectivity index (χ2v) is 6.18. The third-order valence-electron chi connectivity index (χ3n) is 4.42. The molecule has 2 heterocycles. The Labute approximate surface area is 121 Å². The van der Waals surface area contributed by atoms with Crippen LogP contribution in [0.15, 0.2) is 24.3 Å². The van der Waals surface area contributed by atoms with E-state index in [0.717, 1.165) is 26.2 Å². The number of nitrogens with zero attached hydrogens (tertiary/aromatic N) is 1. The zero-order valence-corrected chi connectivity index (χ0v) is 12.7. The fourth-order valence-corrected chi connectivity index (χ4v) is 3.58. The van der Waals surface area contributed by atoms with Gasteiger partial charge in [-0.1, -0.05) is 32.0 Å². The first kappa shape index (κ1) is 13.7. The molecule has 1 aliphatic rings. The van der Waals surface area contributed by atoms with Crippen LogP contribution in [0.4, 0.5) is 0 Å². The summed E-state index contributed by atoms with van der Waals surface area (Å²) >= 11 is 0. The molecule has 20 heavy (non-hydrogen) atoms. The van der Waals surface area contributed by atoms with Crippen molar-refractivity contribution >= 4 is 10.9 Å². The van der Waals surface area contributed by atoms with Crippen molar-refractivity contribution < 1.29 is 0 Å². The standard InChI is InChI=1S/C17H25N3/c1-12(2)17(20-10-8-18-9-11-20)16-13(3)19-15-7-5-4-6-14(15)16/h4-7,12,17-19H,8-11H2,1-3H3. The molecule has 108 valence electrons. The Morgan fingerprint density at radius 2 is 1.80 bits per heavy atom. The summed E-state index contributed by atoms with van der Waals surface area (Å²) in [6.45, 7) is 11.4. The summed E-state index contributed by atoms with van der Waals surface area (Å²) in [5, 5.41) is 4.85. The molecule has 0 aliphatic carbocycles. The summed E-state index contributed by atoms with van der Waals surface area (Å²) in [5.74, 6) is 0.617. The van der Waals surface area contributed by atoms with Gasteiger partial charge < -0.3 is 10.3 Å². The average molecular weight is 271 g/mol. The van der Waals surface area contributed by atoms with E-state index in [-0.39, 0.29) is 0 Å². The highest BCUT2D eigenvalue weighted by Gasteiger charge is 2.28. The zero-order valence-electron chi connectivity index (χ0n) is 12.7. The van der Waals surface area contributed by atoms with Crippen LogP contribution in [0.25, 0.3) is 10.9 Å². The zero-order chi connectivity index (χ0) is 14.1.